The first kappa shape index (κ1) is 29.7. The Morgan fingerprint density at radius 3 is 1.86 bits per heavy atom. The molecule has 1 saturated heterocycles. The van der Waals surface area contributed by atoms with Crippen molar-refractivity contribution in [3.8, 4) is 0 Å². The molecule has 8 heteroatoms. The van der Waals surface area contributed by atoms with Crippen molar-refractivity contribution in [1.82, 2.24) is 5.06 Å². The average Bonchev–Trinajstić information content (AvgIpc) is 3.66. The number of benzene rings is 3. The van der Waals surface area contributed by atoms with Crippen LogP contribution >= 0.6 is 0 Å². The number of esters is 1. The Balaban J connectivity index is 1.46. The number of ether oxygens (including phenoxy) is 4. The van der Waals surface area contributed by atoms with Crippen LogP contribution in [0.1, 0.15) is 34.8 Å². The molecule has 5 atom stereocenters. The molecule has 0 saturated carbocycles. The summed E-state index contributed by atoms with van der Waals surface area (Å²) >= 11 is 0. The molecule has 0 radical (unpaired) electrons. The van der Waals surface area contributed by atoms with Crippen molar-refractivity contribution in [3.05, 3.63) is 132 Å². The number of hydrogen-bond donors (Lipinski definition) is 1. The number of nitrogens with zero attached hydrogens (tertiary/aromatic N) is 1. The summed E-state index contributed by atoms with van der Waals surface area (Å²) in [5.74, 6) is -0.442. The number of rotatable bonds is 14. The van der Waals surface area contributed by atoms with E-state index in [2.05, 4.69) is 0 Å². The molecule has 0 bridgehead atoms. The Kier molecular flexibility index (Phi) is 10.5. The van der Waals surface area contributed by atoms with Gasteiger partial charge in [-0.25, -0.2) is 0 Å². The monoisotopic (exact) mass is 571 g/mol. The quantitative estimate of drug-likeness (QED) is 0.191. The zero-order valence-electron chi connectivity index (χ0n) is 23.7. The molecule has 0 amide bonds. The van der Waals surface area contributed by atoms with Gasteiger partial charge in [0.25, 0.3) is 0 Å². The molecular formula is C34H37NO7. The standard InChI is InChI=1S/C34H37NO7/c1-38-31(36)20-28(30-18-11-19-40-30)32-34(42-23-27-16-9-4-10-17-27)33(41-22-26-14-7-3-8-15-26)29(35(32)37)24-39-21-25-12-5-2-6-13-25/h2-19,28-29,32-34,37H,20-24H2,1H3/t28-,29+,32+,33+,34+/m1/s1. The van der Waals surface area contributed by atoms with Gasteiger partial charge in [0, 0.05) is 5.92 Å². The van der Waals surface area contributed by atoms with Crippen LogP contribution in [0.25, 0.3) is 0 Å². The summed E-state index contributed by atoms with van der Waals surface area (Å²) in [6.07, 6.45) is 0.318. The Labute approximate surface area is 246 Å². The van der Waals surface area contributed by atoms with Crippen molar-refractivity contribution < 1.29 is 33.4 Å². The summed E-state index contributed by atoms with van der Waals surface area (Å²) in [4.78, 5) is 12.6. The highest BCUT2D eigenvalue weighted by atomic mass is 16.6. The molecule has 0 spiro atoms. The SMILES string of the molecule is COC(=O)C[C@H](c1ccco1)[C@H]1[C@H](OCc2ccccc2)[C@@H](OCc2ccccc2)[C@H](COCc2ccccc2)N1O. The van der Waals surface area contributed by atoms with Crippen molar-refractivity contribution in [3.63, 3.8) is 0 Å². The lowest BCUT2D eigenvalue weighted by Crippen LogP contribution is -2.43. The minimum Gasteiger partial charge on any atom is -0.469 e. The third-order valence-corrected chi connectivity index (χ3v) is 7.59. The van der Waals surface area contributed by atoms with E-state index in [0.717, 1.165) is 16.7 Å². The van der Waals surface area contributed by atoms with Crippen molar-refractivity contribution in [2.75, 3.05) is 13.7 Å². The highest BCUT2D eigenvalue weighted by Crippen LogP contribution is 2.40. The maximum absolute atomic E-state index is 12.6. The number of furan rings is 1. The predicted molar refractivity (Wildman–Crippen MR) is 155 cm³/mol. The summed E-state index contributed by atoms with van der Waals surface area (Å²) in [5.41, 5.74) is 3.00. The summed E-state index contributed by atoms with van der Waals surface area (Å²) in [5, 5.41) is 13.1. The van der Waals surface area contributed by atoms with E-state index in [1.54, 1.807) is 18.4 Å². The second-order valence-corrected chi connectivity index (χ2v) is 10.4. The van der Waals surface area contributed by atoms with Crippen LogP contribution in [0.3, 0.4) is 0 Å². The lowest BCUT2D eigenvalue weighted by atomic mass is 9.89. The van der Waals surface area contributed by atoms with E-state index in [0.29, 0.717) is 25.6 Å². The Morgan fingerprint density at radius 1 is 0.786 bits per heavy atom. The molecule has 1 N–H and O–H groups in total. The number of carbonyl (C=O) groups is 1. The van der Waals surface area contributed by atoms with Crippen LogP contribution < -0.4 is 0 Å². The van der Waals surface area contributed by atoms with Gasteiger partial charge in [0.15, 0.2) is 0 Å². The Morgan fingerprint density at radius 2 is 1.33 bits per heavy atom. The highest BCUT2D eigenvalue weighted by Gasteiger charge is 2.54. The third kappa shape index (κ3) is 7.53. The molecule has 1 aliphatic heterocycles. The first-order chi connectivity index (χ1) is 20.6. The molecule has 8 nitrogen and oxygen atoms in total. The number of hydroxylamine groups is 2. The molecule has 1 aliphatic rings. The van der Waals surface area contributed by atoms with Crippen LogP contribution in [-0.2, 0) is 43.6 Å². The van der Waals surface area contributed by atoms with E-state index in [1.807, 2.05) is 91.0 Å². The van der Waals surface area contributed by atoms with Gasteiger partial charge in [-0.2, -0.15) is 5.06 Å². The molecule has 3 aromatic carbocycles. The van der Waals surface area contributed by atoms with Crippen LogP contribution in [-0.4, -0.2) is 54.2 Å². The predicted octanol–water partition coefficient (Wildman–Crippen LogP) is 5.76. The van der Waals surface area contributed by atoms with Crippen LogP contribution in [0.2, 0.25) is 0 Å². The van der Waals surface area contributed by atoms with Gasteiger partial charge >= 0.3 is 5.97 Å². The maximum Gasteiger partial charge on any atom is 0.306 e. The fourth-order valence-electron chi connectivity index (χ4n) is 5.48. The lowest BCUT2D eigenvalue weighted by Gasteiger charge is -2.31. The van der Waals surface area contributed by atoms with E-state index in [9.17, 15) is 10.0 Å². The third-order valence-electron chi connectivity index (χ3n) is 7.59. The van der Waals surface area contributed by atoms with Crippen LogP contribution in [0.15, 0.2) is 114 Å². The molecule has 2 heterocycles. The number of methoxy groups -OCH3 is 1. The molecule has 1 aromatic heterocycles. The smallest absolute Gasteiger partial charge is 0.306 e. The first-order valence-electron chi connectivity index (χ1n) is 14.1. The average molecular weight is 572 g/mol. The van der Waals surface area contributed by atoms with E-state index < -0.39 is 36.2 Å². The van der Waals surface area contributed by atoms with Gasteiger partial charge in [0.2, 0.25) is 0 Å². The number of carbonyl (C=O) groups excluding carboxylic acids is 1. The van der Waals surface area contributed by atoms with Gasteiger partial charge in [-0.05, 0) is 28.8 Å². The summed E-state index contributed by atoms with van der Waals surface area (Å²) in [7, 11) is 1.35. The number of hydrogen-bond acceptors (Lipinski definition) is 8. The topological polar surface area (TPSA) is 90.6 Å². The maximum atomic E-state index is 12.6. The van der Waals surface area contributed by atoms with Crippen LogP contribution in [0.5, 0.6) is 0 Å². The van der Waals surface area contributed by atoms with Crippen molar-refractivity contribution in [2.45, 2.75) is 56.5 Å². The second kappa shape index (κ2) is 14.9. The zero-order chi connectivity index (χ0) is 29.1. The van der Waals surface area contributed by atoms with Gasteiger partial charge in [-0.3, -0.25) is 4.79 Å². The second-order valence-electron chi connectivity index (χ2n) is 10.4. The lowest BCUT2D eigenvalue weighted by molar-refractivity contribution is -0.173. The van der Waals surface area contributed by atoms with Crippen molar-refractivity contribution in [2.24, 2.45) is 0 Å². The largest absolute Gasteiger partial charge is 0.469 e. The van der Waals surface area contributed by atoms with Gasteiger partial charge in [-0.15, -0.1) is 0 Å². The van der Waals surface area contributed by atoms with Crippen molar-refractivity contribution in [1.29, 1.82) is 0 Å². The van der Waals surface area contributed by atoms with Gasteiger partial charge in [0.05, 0.1) is 58.3 Å². The van der Waals surface area contributed by atoms with Crippen LogP contribution in [0.4, 0.5) is 0 Å². The summed E-state index contributed by atoms with van der Waals surface area (Å²) in [6, 6.07) is 31.8. The zero-order valence-corrected chi connectivity index (χ0v) is 23.7. The molecule has 0 unspecified atom stereocenters. The first-order valence-corrected chi connectivity index (χ1v) is 14.1. The summed E-state index contributed by atoms with van der Waals surface area (Å²) in [6.45, 7) is 1.16. The normalized spacial score (nSPS) is 21.3. The molecule has 0 aliphatic carbocycles. The van der Waals surface area contributed by atoms with Gasteiger partial charge in [-0.1, -0.05) is 91.0 Å². The Hall–Kier alpha value is -3.79. The highest BCUT2D eigenvalue weighted by molar-refractivity contribution is 5.70. The van der Waals surface area contributed by atoms with Crippen molar-refractivity contribution >= 4 is 5.97 Å². The van der Waals surface area contributed by atoms with Crippen LogP contribution in [0, 0.1) is 0 Å². The Bertz CT molecular complexity index is 1330. The fourth-order valence-corrected chi connectivity index (χ4v) is 5.48. The minimum absolute atomic E-state index is 0.0140. The molecule has 220 valence electrons. The molecular weight excluding hydrogens is 534 g/mol. The molecule has 5 rings (SSSR count). The fraction of sp³-hybridized carbons (Fsp3) is 0.324. The van der Waals surface area contributed by atoms with Gasteiger partial charge < -0.3 is 28.6 Å². The summed E-state index contributed by atoms with van der Waals surface area (Å²) < 4.78 is 30.1. The van der Waals surface area contributed by atoms with E-state index >= 15 is 0 Å². The van der Waals surface area contributed by atoms with E-state index in [1.165, 1.54) is 12.2 Å². The minimum atomic E-state index is -0.690. The molecule has 4 aromatic rings. The molecule has 42 heavy (non-hydrogen) atoms. The van der Waals surface area contributed by atoms with Gasteiger partial charge in [0.1, 0.15) is 18.0 Å². The van der Waals surface area contributed by atoms with E-state index in [4.69, 9.17) is 23.4 Å². The van der Waals surface area contributed by atoms with E-state index in [-0.39, 0.29) is 13.0 Å². The molecule has 1 fully saturated rings.